The minimum atomic E-state index is -3.60. The van der Waals surface area contributed by atoms with E-state index in [9.17, 15) is 8.42 Å². The van der Waals surface area contributed by atoms with Crippen LogP contribution in [0.5, 0.6) is 0 Å². The second-order valence-corrected chi connectivity index (χ2v) is 8.00. The highest BCUT2D eigenvalue weighted by molar-refractivity contribution is 9.10. The molecule has 1 aromatic heterocycles. The fourth-order valence-corrected chi connectivity index (χ4v) is 4.55. The molecule has 0 bridgehead atoms. The number of aliphatic hydroxyl groups excluding tert-OH is 1. The Bertz CT molecular complexity index is 713. The zero-order valence-electron chi connectivity index (χ0n) is 10.6. The molecule has 2 rings (SSSR count). The van der Waals surface area contributed by atoms with E-state index in [1.54, 1.807) is 18.3 Å². The normalized spacial score (nSPS) is 11.8. The average molecular weight is 377 g/mol. The summed E-state index contributed by atoms with van der Waals surface area (Å²) in [4.78, 5) is 5.08. The number of nitrogens with zero attached hydrogens (tertiary/aromatic N) is 1. The lowest BCUT2D eigenvalue weighted by molar-refractivity contribution is 0.281. The van der Waals surface area contributed by atoms with Crippen molar-refractivity contribution in [1.82, 2.24) is 9.71 Å². The fraction of sp³-hybridized carbons (Fsp3) is 0.250. The number of nitrogens with one attached hydrogen (secondary N) is 1. The monoisotopic (exact) mass is 376 g/mol. The predicted octanol–water partition coefficient (Wildman–Crippen LogP) is 2.18. The molecule has 0 unspecified atom stereocenters. The third-order valence-electron chi connectivity index (χ3n) is 2.57. The van der Waals surface area contributed by atoms with Crippen molar-refractivity contribution in [3.8, 4) is 0 Å². The summed E-state index contributed by atoms with van der Waals surface area (Å²) in [5.41, 5.74) is 0.647. The third kappa shape index (κ3) is 3.64. The first-order valence-corrected chi connectivity index (χ1v) is 8.82. The Kier molecular flexibility index (Phi) is 4.92. The molecule has 0 aliphatic heterocycles. The highest BCUT2D eigenvalue weighted by Crippen LogP contribution is 2.23. The van der Waals surface area contributed by atoms with Gasteiger partial charge in [-0.1, -0.05) is 6.07 Å². The van der Waals surface area contributed by atoms with E-state index < -0.39 is 10.0 Å². The van der Waals surface area contributed by atoms with Crippen LogP contribution in [0.2, 0.25) is 0 Å². The van der Waals surface area contributed by atoms with Crippen molar-refractivity contribution in [3.05, 3.63) is 44.3 Å². The Labute approximate surface area is 129 Å². The van der Waals surface area contributed by atoms with Crippen LogP contribution in [0.25, 0.3) is 0 Å². The Morgan fingerprint density at radius 3 is 2.75 bits per heavy atom. The number of sulfonamides is 1. The summed E-state index contributed by atoms with van der Waals surface area (Å²) in [7, 11) is -3.60. The summed E-state index contributed by atoms with van der Waals surface area (Å²) in [6, 6.07) is 4.64. The Hall–Kier alpha value is -0.800. The second kappa shape index (κ2) is 6.31. The molecule has 0 spiro atoms. The summed E-state index contributed by atoms with van der Waals surface area (Å²) in [6.07, 6.45) is 1.66. The van der Waals surface area contributed by atoms with Gasteiger partial charge in [-0.15, -0.1) is 11.3 Å². The number of aryl methyl sites for hydroxylation is 1. The standard InChI is InChI=1S/C12H13BrN2O3S2/c1-8-14-5-10(19-8)6-15-20(17,18)12-3-2-9(7-16)4-11(12)13/h2-5,15-16H,6-7H2,1H3. The molecule has 20 heavy (non-hydrogen) atoms. The second-order valence-electron chi connectivity index (χ2n) is 4.09. The quantitative estimate of drug-likeness (QED) is 0.837. The van der Waals surface area contributed by atoms with E-state index in [0.29, 0.717) is 10.0 Å². The first-order chi connectivity index (χ1) is 9.42. The Balaban J connectivity index is 2.18. The molecule has 1 aromatic carbocycles. The van der Waals surface area contributed by atoms with Crippen LogP contribution in [-0.2, 0) is 23.2 Å². The molecule has 0 aliphatic rings. The molecule has 0 radical (unpaired) electrons. The van der Waals surface area contributed by atoms with Gasteiger partial charge in [-0.2, -0.15) is 0 Å². The summed E-state index contributed by atoms with van der Waals surface area (Å²) in [5.74, 6) is 0. The molecule has 8 heteroatoms. The van der Waals surface area contributed by atoms with Crippen LogP contribution < -0.4 is 4.72 Å². The van der Waals surface area contributed by atoms with Gasteiger partial charge >= 0.3 is 0 Å². The number of halogens is 1. The smallest absolute Gasteiger partial charge is 0.242 e. The molecule has 0 fully saturated rings. The summed E-state index contributed by atoms with van der Waals surface area (Å²) in [5, 5.41) is 9.91. The molecule has 5 nitrogen and oxygen atoms in total. The number of hydrogen-bond acceptors (Lipinski definition) is 5. The van der Waals surface area contributed by atoms with Gasteiger partial charge in [0.05, 0.1) is 16.5 Å². The third-order valence-corrected chi connectivity index (χ3v) is 5.86. The molecule has 0 atom stereocenters. The zero-order chi connectivity index (χ0) is 14.8. The molecule has 1 heterocycles. The van der Waals surface area contributed by atoms with Gasteiger partial charge in [-0.05, 0) is 40.5 Å². The maximum atomic E-state index is 12.2. The number of thiazole rings is 1. The van der Waals surface area contributed by atoms with Crippen LogP contribution in [0.3, 0.4) is 0 Å². The summed E-state index contributed by atoms with van der Waals surface area (Å²) >= 11 is 4.67. The van der Waals surface area contributed by atoms with Crippen LogP contribution in [0, 0.1) is 6.92 Å². The minimum Gasteiger partial charge on any atom is -0.392 e. The van der Waals surface area contributed by atoms with Crippen molar-refractivity contribution in [2.75, 3.05) is 0 Å². The van der Waals surface area contributed by atoms with Crippen LogP contribution in [0.4, 0.5) is 0 Å². The average Bonchev–Trinajstić information content (AvgIpc) is 2.82. The van der Waals surface area contributed by atoms with E-state index in [1.165, 1.54) is 17.4 Å². The van der Waals surface area contributed by atoms with E-state index in [4.69, 9.17) is 5.11 Å². The molecular formula is C12H13BrN2O3S2. The molecule has 2 aromatic rings. The van der Waals surface area contributed by atoms with Crippen LogP contribution in [0.15, 0.2) is 33.8 Å². The molecule has 0 amide bonds. The van der Waals surface area contributed by atoms with Crippen LogP contribution in [-0.4, -0.2) is 18.5 Å². The van der Waals surface area contributed by atoms with Gasteiger partial charge in [0.15, 0.2) is 0 Å². The number of aliphatic hydroxyl groups is 1. The summed E-state index contributed by atoms with van der Waals surface area (Å²) in [6.45, 7) is 1.95. The molecule has 0 aliphatic carbocycles. The lowest BCUT2D eigenvalue weighted by Gasteiger charge is -2.08. The SMILES string of the molecule is Cc1ncc(CNS(=O)(=O)c2ccc(CO)cc2Br)s1. The highest BCUT2D eigenvalue weighted by atomic mass is 79.9. The van der Waals surface area contributed by atoms with Crippen LogP contribution >= 0.6 is 27.3 Å². The van der Waals surface area contributed by atoms with Gasteiger partial charge in [-0.25, -0.2) is 18.1 Å². The Morgan fingerprint density at radius 2 is 2.20 bits per heavy atom. The number of benzene rings is 1. The topological polar surface area (TPSA) is 79.3 Å². The molecular weight excluding hydrogens is 364 g/mol. The van der Waals surface area contributed by atoms with Gasteiger partial charge in [-0.3, -0.25) is 0 Å². The van der Waals surface area contributed by atoms with Gasteiger partial charge in [0, 0.05) is 22.1 Å². The van der Waals surface area contributed by atoms with Crippen molar-refractivity contribution in [3.63, 3.8) is 0 Å². The van der Waals surface area contributed by atoms with Crippen molar-refractivity contribution in [2.24, 2.45) is 0 Å². The van der Waals surface area contributed by atoms with Crippen LogP contribution in [0.1, 0.15) is 15.4 Å². The molecule has 0 saturated carbocycles. The molecule has 0 saturated heterocycles. The largest absolute Gasteiger partial charge is 0.392 e. The van der Waals surface area contributed by atoms with Crippen molar-refractivity contribution in [2.45, 2.75) is 25.0 Å². The van der Waals surface area contributed by atoms with Crippen molar-refractivity contribution in [1.29, 1.82) is 0 Å². The minimum absolute atomic E-state index is 0.132. The van der Waals surface area contributed by atoms with Gasteiger partial charge in [0.25, 0.3) is 0 Å². The van der Waals surface area contributed by atoms with Gasteiger partial charge in [0.1, 0.15) is 0 Å². The predicted molar refractivity (Wildman–Crippen MR) is 80.9 cm³/mol. The number of hydrogen-bond donors (Lipinski definition) is 2. The van der Waals surface area contributed by atoms with Gasteiger partial charge < -0.3 is 5.11 Å². The van der Waals surface area contributed by atoms with Gasteiger partial charge in [0.2, 0.25) is 10.0 Å². The first-order valence-electron chi connectivity index (χ1n) is 5.72. The lowest BCUT2D eigenvalue weighted by Crippen LogP contribution is -2.23. The van der Waals surface area contributed by atoms with Crippen molar-refractivity contribution < 1.29 is 13.5 Å². The Morgan fingerprint density at radius 1 is 1.45 bits per heavy atom. The van der Waals surface area contributed by atoms with E-state index >= 15 is 0 Å². The maximum absolute atomic E-state index is 12.2. The van der Waals surface area contributed by atoms with Crippen molar-refractivity contribution >= 4 is 37.3 Å². The maximum Gasteiger partial charge on any atom is 0.242 e. The summed E-state index contributed by atoms with van der Waals surface area (Å²) < 4.78 is 27.4. The molecule has 2 N–H and O–H groups in total. The number of rotatable bonds is 5. The van der Waals surface area contributed by atoms with E-state index in [-0.39, 0.29) is 18.0 Å². The zero-order valence-corrected chi connectivity index (χ0v) is 13.8. The number of aromatic nitrogens is 1. The van der Waals surface area contributed by atoms with E-state index in [0.717, 1.165) is 9.88 Å². The first kappa shape index (κ1) is 15.6. The highest BCUT2D eigenvalue weighted by Gasteiger charge is 2.18. The molecule has 108 valence electrons. The van der Waals surface area contributed by atoms with E-state index in [2.05, 4.69) is 25.6 Å². The fourth-order valence-electron chi connectivity index (χ4n) is 1.59. The van der Waals surface area contributed by atoms with E-state index in [1.807, 2.05) is 6.92 Å². The lowest BCUT2D eigenvalue weighted by atomic mass is 10.2.